The van der Waals surface area contributed by atoms with Crippen LogP contribution in [0.4, 0.5) is 4.79 Å². The minimum absolute atomic E-state index is 0.00908. The maximum Gasteiger partial charge on any atom is 0.410 e. The predicted molar refractivity (Wildman–Crippen MR) is 85.9 cm³/mol. The fraction of sp³-hybridized carbons (Fsp3) is 0.800. The largest absolute Gasteiger partial charge is 0.480 e. The Bertz CT molecular complexity index is 513. The minimum atomic E-state index is -1.58. The normalized spacial score (nSPS) is 29.7. The van der Waals surface area contributed by atoms with Gasteiger partial charge in [0.2, 0.25) is 12.2 Å². The van der Waals surface area contributed by atoms with E-state index in [9.17, 15) is 29.7 Å². The van der Waals surface area contributed by atoms with Gasteiger partial charge in [0.15, 0.2) is 0 Å². The first kappa shape index (κ1) is 22.1. The number of nitrogens with one attached hydrogen (secondary N) is 2. The second-order valence-corrected chi connectivity index (χ2v) is 6.50. The van der Waals surface area contributed by atoms with Crippen molar-refractivity contribution in [1.29, 1.82) is 0 Å². The second-order valence-electron chi connectivity index (χ2n) is 6.50. The maximum absolute atomic E-state index is 12.0. The van der Waals surface area contributed by atoms with E-state index < -0.39 is 61.3 Å². The minimum Gasteiger partial charge on any atom is -0.480 e. The number of hydrogen-bond donors (Lipinski definition) is 6. The van der Waals surface area contributed by atoms with Gasteiger partial charge in [0, 0.05) is 6.92 Å². The molecule has 1 heterocycles. The lowest BCUT2D eigenvalue weighted by Gasteiger charge is -2.41. The highest BCUT2D eigenvalue weighted by Crippen LogP contribution is 2.22. The van der Waals surface area contributed by atoms with Crippen molar-refractivity contribution in [2.24, 2.45) is 5.92 Å². The number of aliphatic hydroxyl groups excluding tert-OH is 3. The molecule has 1 fully saturated rings. The molecule has 6 atom stereocenters. The molecule has 1 rings (SSSR count). The summed E-state index contributed by atoms with van der Waals surface area (Å²) in [6.45, 7) is 4.04. The standard InChI is InChI=1S/C15H26N2O9/c1-6(2)4-8(13(22)23)17-15(24)26-14-10(16-7(3)19)12(21)11(20)9(5-18)25-14/h6,8-12,14,18,20-21H,4-5H2,1-3H3,(H,16,19)(H,17,24)(H,22,23)/t8-,9+,10+,11+,12+,14+/m0/s1. The average Bonchev–Trinajstić information content (AvgIpc) is 2.52. The third-order valence-corrected chi connectivity index (χ3v) is 3.77. The number of amides is 2. The van der Waals surface area contributed by atoms with Crippen LogP contribution in [0.1, 0.15) is 27.2 Å². The van der Waals surface area contributed by atoms with E-state index in [-0.39, 0.29) is 12.3 Å². The fourth-order valence-corrected chi connectivity index (χ4v) is 2.55. The van der Waals surface area contributed by atoms with Crippen LogP contribution < -0.4 is 10.6 Å². The number of alkyl carbamates (subject to hydrolysis) is 1. The molecule has 150 valence electrons. The van der Waals surface area contributed by atoms with Gasteiger partial charge in [0.05, 0.1) is 6.61 Å². The van der Waals surface area contributed by atoms with E-state index in [0.717, 1.165) is 6.92 Å². The number of ether oxygens (including phenoxy) is 2. The highest BCUT2D eigenvalue weighted by Gasteiger charge is 2.46. The van der Waals surface area contributed by atoms with E-state index in [0.29, 0.717) is 0 Å². The van der Waals surface area contributed by atoms with Gasteiger partial charge in [-0.1, -0.05) is 13.8 Å². The number of aliphatic hydroxyl groups is 3. The van der Waals surface area contributed by atoms with E-state index in [1.165, 1.54) is 0 Å². The van der Waals surface area contributed by atoms with Crippen LogP contribution >= 0.6 is 0 Å². The zero-order valence-electron chi connectivity index (χ0n) is 14.8. The van der Waals surface area contributed by atoms with Crippen LogP contribution in [0.15, 0.2) is 0 Å². The monoisotopic (exact) mass is 378 g/mol. The van der Waals surface area contributed by atoms with Crippen LogP contribution in [-0.2, 0) is 19.1 Å². The first-order valence-electron chi connectivity index (χ1n) is 8.16. The van der Waals surface area contributed by atoms with Gasteiger partial charge in [0.1, 0.15) is 30.4 Å². The lowest BCUT2D eigenvalue weighted by atomic mass is 9.97. The summed E-state index contributed by atoms with van der Waals surface area (Å²) in [6.07, 6.45) is -6.87. The van der Waals surface area contributed by atoms with Crippen molar-refractivity contribution in [3.8, 4) is 0 Å². The molecule has 0 radical (unpaired) electrons. The molecule has 1 aliphatic rings. The van der Waals surface area contributed by atoms with Crippen molar-refractivity contribution in [2.45, 2.75) is 63.9 Å². The number of carbonyl (C=O) groups is 3. The summed E-state index contributed by atoms with van der Waals surface area (Å²) < 4.78 is 10.2. The third kappa shape index (κ3) is 6.09. The molecule has 11 nitrogen and oxygen atoms in total. The van der Waals surface area contributed by atoms with Gasteiger partial charge < -0.3 is 40.5 Å². The molecule has 0 aromatic carbocycles. The summed E-state index contributed by atoms with van der Waals surface area (Å²) in [6, 6.07) is -2.50. The molecule has 26 heavy (non-hydrogen) atoms. The summed E-state index contributed by atoms with van der Waals surface area (Å²) in [5, 5.41) is 42.8. The summed E-state index contributed by atoms with van der Waals surface area (Å²) >= 11 is 0. The number of aliphatic carboxylic acids is 1. The van der Waals surface area contributed by atoms with Crippen molar-refractivity contribution in [2.75, 3.05) is 6.61 Å². The van der Waals surface area contributed by atoms with Crippen molar-refractivity contribution in [3.63, 3.8) is 0 Å². The lowest BCUT2D eigenvalue weighted by Crippen LogP contribution is -2.65. The molecular weight excluding hydrogens is 352 g/mol. The van der Waals surface area contributed by atoms with E-state index in [4.69, 9.17) is 14.6 Å². The predicted octanol–water partition coefficient (Wildman–Crippen LogP) is -1.84. The molecule has 0 aromatic heterocycles. The molecule has 1 saturated heterocycles. The van der Waals surface area contributed by atoms with Crippen LogP contribution in [0.3, 0.4) is 0 Å². The first-order chi connectivity index (χ1) is 12.1. The van der Waals surface area contributed by atoms with Gasteiger partial charge in [-0.05, 0) is 12.3 Å². The lowest BCUT2D eigenvalue weighted by molar-refractivity contribution is -0.252. The van der Waals surface area contributed by atoms with Crippen LogP contribution in [0.2, 0.25) is 0 Å². The summed E-state index contributed by atoms with van der Waals surface area (Å²) in [5.74, 6) is -1.84. The molecule has 0 bridgehead atoms. The molecule has 2 amide bonds. The van der Waals surface area contributed by atoms with Gasteiger partial charge >= 0.3 is 12.1 Å². The second kappa shape index (κ2) is 9.67. The van der Waals surface area contributed by atoms with Gasteiger partial charge in [0.25, 0.3) is 0 Å². The zero-order chi connectivity index (χ0) is 20.0. The average molecular weight is 378 g/mol. The molecule has 6 N–H and O–H groups in total. The number of rotatable bonds is 7. The van der Waals surface area contributed by atoms with E-state index in [1.54, 1.807) is 13.8 Å². The molecule has 0 aliphatic carbocycles. The van der Waals surface area contributed by atoms with Crippen molar-refractivity contribution >= 4 is 18.0 Å². The maximum atomic E-state index is 12.0. The van der Waals surface area contributed by atoms with E-state index in [2.05, 4.69) is 10.6 Å². The molecule has 11 heteroatoms. The third-order valence-electron chi connectivity index (χ3n) is 3.77. The Labute approximate surface area is 150 Å². The molecule has 0 saturated carbocycles. The van der Waals surface area contributed by atoms with Crippen LogP contribution in [0.25, 0.3) is 0 Å². The fourth-order valence-electron chi connectivity index (χ4n) is 2.55. The van der Waals surface area contributed by atoms with Crippen molar-refractivity contribution in [1.82, 2.24) is 10.6 Å². The number of carboxylic acid groups (broad SMARTS) is 1. The first-order valence-corrected chi connectivity index (χ1v) is 8.16. The Morgan fingerprint density at radius 3 is 2.27 bits per heavy atom. The van der Waals surface area contributed by atoms with Crippen molar-refractivity contribution < 1.29 is 44.3 Å². The van der Waals surface area contributed by atoms with E-state index >= 15 is 0 Å². The number of carboxylic acids is 1. The Morgan fingerprint density at radius 2 is 1.81 bits per heavy atom. The number of hydrogen-bond acceptors (Lipinski definition) is 8. The number of carbonyl (C=O) groups excluding carboxylic acids is 2. The van der Waals surface area contributed by atoms with Gasteiger partial charge in [-0.25, -0.2) is 9.59 Å². The topological polar surface area (TPSA) is 175 Å². The molecule has 0 unspecified atom stereocenters. The molecule has 1 aliphatic heterocycles. The Morgan fingerprint density at radius 1 is 1.19 bits per heavy atom. The van der Waals surface area contributed by atoms with Crippen LogP contribution in [0, 0.1) is 5.92 Å². The van der Waals surface area contributed by atoms with E-state index in [1.807, 2.05) is 0 Å². The Kier molecular flexibility index (Phi) is 8.21. The quantitative estimate of drug-likeness (QED) is 0.297. The Balaban J connectivity index is 2.85. The highest BCUT2D eigenvalue weighted by atomic mass is 16.7. The van der Waals surface area contributed by atoms with Gasteiger partial charge in [-0.3, -0.25) is 4.79 Å². The Hall–Kier alpha value is -1.95. The summed E-state index contributed by atoms with van der Waals surface area (Å²) in [4.78, 5) is 34.5. The van der Waals surface area contributed by atoms with Crippen LogP contribution in [0.5, 0.6) is 0 Å². The van der Waals surface area contributed by atoms with Gasteiger partial charge in [-0.15, -0.1) is 0 Å². The summed E-state index contributed by atoms with van der Waals surface area (Å²) in [5.41, 5.74) is 0. The zero-order valence-corrected chi connectivity index (χ0v) is 14.8. The van der Waals surface area contributed by atoms with Crippen molar-refractivity contribution in [3.05, 3.63) is 0 Å². The summed E-state index contributed by atoms with van der Waals surface area (Å²) in [7, 11) is 0. The smallest absolute Gasteiger partial charge is 0.410 e. The molecule has 0 aromatic rings. The molecular formula is C15H26N2O9. The SMILES string of the molecule is CC(=O)N[C@H]1[C@@H](OC(=O)N[C@@H](CC(C)C)C(=O)O)O[C@H](CO)[C@@H](O)[C@@H]1O. The highest BCUT2D eigenvalue weighted by molar-refractivity contribution is 5.80. The molecule has 0 spiro atoms. The van der Waals surface area contributed by atoms with Crippen LogP contribution in [-0.4, -0.2) is 81.7 Å². The van der Waals surface area contributed by atoms with Gasteiger partial charge in [-0.2, -0.15) is 0 Å².